The molecule has 0 fully saturated rings. The number of ketones is 1. The minimum atomic E-state index is -0.449. The van der Waals surface area contributed by atoms with Crippen LogP contribution in [0.1, 0.15) is 15.2 Å². The average Bonchev–Trinajstić information content (AvgIpc) is 2.90. The van der Waals surface area contributed by atoms with Crippen LogP contribution in [0.4, 0.5) is 4.39 Å². The summed E-state index contributed by atoms with van der Waals surface area (Å²) in [6.07, 6.45) is 0. The monoisotopic (exact) mass is 286 g/mol. The second-order valence-electron chi connectivity index (χ2n) is 4.32. The number of ether oxygens (including phenoxy) is 1. The predicted octanol–water partition coefficient (Wildman–Crippen LogP) is 4.28. The van der Waals surface area contributed by atoms with E-state index in [1.54, 1.807) is 0 Å². The summed E-state index contributed by atoms with van der Waals surface area (Å²) in [6.45, 7) is 0. The van der Waals surface area contributed by atoms with E-state index in [9.17, 15) is 9.18 Å². The predicted molar refractivity (Wildman–Crippen MR) is 78.2 cm³/mol. The van der Waals surface area contributed by atoms with Gasteiger partial charge in [0, 0.05) is 4.70 Å². The van der Waals surface area contributed by atoms with E-state index in [0.717, 1.165) is 10.1 Å². The summed E-state index contributed by atoms with van der Waals surface area (Å²) in [5.74, 6) is -0.285. The number of carbonyl (C=O) groups is 1. The molecule has 0 bridgehead atoms. The van der Waals surface area contributed by atoms with Crippen molar-refractivity contribution in [3.63, 3.8) is 0 Å². The highest BCUT2D eigenvalue weighted by Crippen LogP contribution is 2.30. The molecular weight excluding hydrogens is 275 g/mol. The van der Waals surface area contributed by atoms with Crippen molar-refractivity contribution >= 4 is 27.2 Å². The van der Waals surface area contributed by atoms with Crippen molar-refractivity contribution in [2.24, 2.45) is 0 Å². The summed E-state index contributed by atoms with van der Waals surface area (Å²) in [5, 5.41) is 1.01. The molecule has 0 aliphatic carbocycles. The molecule has 0 amide bonds. The zero-order chi connectivity index (χ0) is 14.1. The van der Waals surface area contributed by atoms with Crippen molar-refractivity contribution in [2.45, 2.75) is 0 Å². The number of hydrogen-bond acceptors (Lipinski definition) is 3. The maximum Gasteiger partial charge on any atom is 0.206 e. The quantitative estimate of drug-likeness (QED) is 0.672. The number of halogens is 1. The van der Waals surface area contributed by atoms with Crippen LogP contribution in [0, 0.1) is 5.82 Å². The van der Waals surface area contributed by atoms with Gasteiger partial charge in [0.1, 0.15) is 11.6 Å². The molecule has 0 atom stereocenters. The molecular formula is C16H11FO2S. The highest BCUT2D eigenvalue weighted by Gasteiger charge is 2.17. The van der Waals surface area contributed by atoms with E-state index in [1.807, 2.05) is 30.3 Å². The second kappa shape index (κ2) is 5.06. The van der Waals surface area contributed by atoms with Gasteiger partial charge in [-0.15, -0.1) is 11.3 Å². The summed E-state index contributed by atoms with van der Waals surface area (Å²) >= 11 is 1.40. The van der Waals surface area contributed by atoms with Crippen molar-refractivity contribution in [3.05, 3.63) is 64.8 Å². The van der Waals surface area contributed by atoms with E-state index in [0.29, 0.717) is 10.6 Å². The van der Waals surface area contributed by atoms with Crippen LogP contribution in [0.15, 0.2) is 48.5 Å². The maximum atomic E-state index is 13.4. The molecule has 0 aliphatic heterocycles. The third-order valence-corrected chi connectivity index (χ3v) is 4.17. The minimum absolute atomic E-state index is 0.220. The van der Waals surface area contributed by atoms with Crippen LogP contribution < -0.4 is 4.74 Å². The molecule has 0 radical (unpaired) electrons. The van der Waals surface area contributed by atoms with Crippen molar-refractivity contribution in [1.29, 1.82) is 0 Å². The van der Waals surface area contributed by atoms with E-state index in [2.05, 4.69) is 0 Å². The van der Waals surface area contributed by atoms with Gasteiger partial charge in [0.15, 0.2) is 0 Å². The number of rotatable bonds is 3. The van der Waals surface area contributed by atoms with Crippen molar-refractivity contribution in [3.8, 4) is 5.75 Å². The maximum absolute atomic E-state index is 13.4. The Morgan fingerprint density at radius 1 is 1.15 bits per heavy atom. The van der Waals surface area contributed by atoms with Crippen LogP contribution in [-0.4, -0.2) is 12.9 Å². The summed E-state index contributed by atoms with van der Waals surface area (Å²) < 4.78 is 19.5. The second-order valence-corrected chi connectivity index (χ2v) is 5.41. The third-order valence-electron chi connectivity index (χ3n) is 3.06. The number of hydrogen-bond donors (Lipinski definition) is 0. The molecule has 0 saturated heterocycles. The zero-order valence-corrected chi connectivity index (χ0v) is 11.5. The molecule has 3 aromatic rings. The van der Waals surface area contributed by atoms with Crippen LogP contribution in [-0.2, 0) is 0 Å². The SMILES string of the molecule is COc1ccc(F)cc1C(=O)c1cc2ccccc2s1. The number of benzene rings is 2. The summed E-state index contributed by atoms with van der Waals surface area (Å²) in [6, 6.07) is 13.5. The molecule has 3 rings (SSSR count). The molecule has 0 unspecified atom stereocenters. The molecule has 1 aromatic heterocycles. The van der Waals surface area contributed by atoms with Gasteiger partial charge >= 0.3 is 0 Å². The Hall–Kier alpha value is -2.20. The smallest absolute Gasteiger partial charge is 0.206 e. The lowest BCUT2D eigenvalue weighted by molar-refractivity contribution is 0.103. The molecule has 2 aromatic carbocycles. The van der Waals surface area contributed by atoms with E-state index >= 15 is 0 Å². The first-order valence-electron chi connectivity index (χ1n) is 6.06. The molecule has 0 aliphatic rings. The fourth-order valence-electron chi connectivity index (χ4n) is 2.08. The van der Waals surface area contributed by atoms with E-state index in [-0.39, 0.29) is 11.3 Å². The molecule has 20 heavy (non-hydrogen) atoms. The summed E-state index contributed by atoms with van der Waals surface area (Å²) in [7, 11) is 1.47. The Bertz CT molecular complexity index is 759. The lowest BCUT2D eigenvalue weighted by Gasteiger charge is -2.06. The largest absolute Gasteiger partial charge is 0.496 e. The first-order valence-corrected chi connectivity index (χ1v) is 6.87. The molecule has 100 valence electrons. The molecule has 4 heteroatoms. The van der Waals surface area contributed by atoms with Gasteiger partial charge < -0.3 is 4.74 Å². The highest BCUT2D eigenvalue weighted by molar-refractivity contribution is 7.21. The van der Waals surface area contributed by atoms with Crippen molar-refractivity contribution < 1.29 is 13.9 Å². The van der Waals surface area contributed by atoms with Crippen molar-refractivity contribution in [2.75, 3.05) is 7.11 Å². The van der Waals surface area contributed by atoms with Crippen LogP contribution in [0.25, 0.3) is 10.1 Å². The standard InChI is InChI=1S/C16H11FO2S/c1-19-13-7-6-11(17)9-12(13)16(18)15-8-10-4-2-3-5-14(10)20-15/h2-9H,1H3. The Morgan fingerprint density at radius 2 is 1.95 bits per heavy atom. The number of methoxy groups -OCH3 is 1. The Balaban J connectivity index is 2.10. The Labute approximate surface area is 119 Å². The fraction of sp³-hybridized carbons (Fsp3) is 0.0625. The highest BCUT2D eigenvalue weighted by atomic mass is 32.1. The number of fused-ring (bicyclic) bond motifs is 1. The van der Waals surface area contributed by atoms with Crippen LogP contribution >= 0.6 is 11.3 Å². The first-order chi connectivity index (χ1) is 9.69. The van der Waals surface area contributed by atoms with E-state index in [4.69, 9.17) is 4.74 Å². The topological polar surface area (TPSA) is 26.3 Å². The average molecular weight is 286 g/mol. The van der Waals surface area contributed by atoms with Gasteiger partial charge in [0.05, 0.1) is 17.6 Å². The van der Waals surface area contributed by atoms with Gasteiger partial charge in [0.2, 0.25) is 5.78 Å². The Kier molecular flexibility index (Phi) is 3.24. The van der Waals surface area contributed by atoms with Gasteiger partial charge in [-0.2, -0.15) is 0 Å². The van der Waals surface area contributed by atoms with E-state index < -0.39 is 5.82 Å². The van der Waals surface area contributed by atoms with Crippen LogP contribution in [0.3, 0.4) is 0 Å². The van der Waals surface area contributed by atoms with Gasteiger partial charge in [-0.1, -0.05) is 18.2 Å². The molecule has 1 heterocycles. The van der Waals surface area contributed by atoms with Gasteiger partial charge in [-0.05, 0) is 35.7 Å². The van der Waals surface area contributed by atoms with E-state index in [1.165, 1.54) is 36.6 Å². The van der Waals surface area contributed by atoms with Crippen molar-refractivity contribution in [1.82, 2.24) is 0 Å². The minimum Gasteiger partial charge on any atom is -0.496 e. The van der Waals surface area contributed by atoms with Gasteiger partial charge in [0.25, 0.3) is 0 Å². The van der Waals surface area contributed by atoms with Crippen LogP contribution in [0.2, 0.25) is 0 Å². The van der Waals surface area contributed by atoms with Gasteiger partial charge in [-0.25, -0.2) is 4.39 Å². The molecule has 0 saturated carbocycles. The Morgan fingerprint density at radius 3 is 2.70 bits per heavy atom. The van der Waals surface area contributed by atoms with Gasteiger partial charge in [-0.3, -0.25) is 4.79 Å². The van der Waals surface area contributed by atoms with Crippen LogP contribution in [0.5, 0.6) is 5.75 Å². The molecule has 0 N–H and O–H groups in total. The first kappa shape index (κ1) is 12.8. The molecule has 0 spiro atoms. The summed E-state index contributed by atoms with van der Waals surface area (Å²) in [4.78, 5) is 13.1. The fourth-order valence-corrected chi connectivity index (χ4v) is 3.10. The third kappa shape index (κ3) is 2.18. The number of thiophene rings is 1. The number of carbonyl (C=O) groups excluding carboxylic acids is 1. The normalized spacial score (nSPS) is 10.7. The zero-order valence-electron chi connectivity index (χ0n) is 10.7. The molecule has 2 nitrogen and oxygen atoms in total. The summed E-state index contributed by atoms with van der Waals surface area (Å²) in [5.41, 5.74) is 0.249. The lowest BCUT2D eigenvalue weighted by Crippen LogP contribution is -2.02. The lowest BCUT2D eigenvalue weighted by atomic mass is 10.1.